The van der Waals surface area contributed by atoms with E-state index in [2.05, 4.69) is 0 Å². The molecule has 0 saturated carbocycles. The molecule has 0 unspecified atom stereocenters. The molecule has 0 bridgehead atoms. The summed E-state index contributed by atoms with van der Waals surface area (Å²) < 4.78 is 26.7. The van der Waals surface area contributed by atoms with Gasteiger partial charge in [0.1, 0.15) is 11.5 Å². The lowest BCUT2D eigenvalue weighted by molar-refractivity contribution is -0.140. The first kappa shape index (κ1) is 13.9. The van der Waals surface area contributed by atoms with Crippen LogP contribution in [0.25, 0.3) is 0 Å². The van der Waals surface area contributed by atoms with Gasteiger partial charge in [-0.15, -0.1) is 0 Å². The topological polar surface area (TPSA) is 84.2 Å². The number of hydrogen-bond donors (Lipinski definition) is 0. The van der Waals surface area contributed by atoms with Gasteiger partial charge in [0, 0.05) is 0 Å². The fourth-order valence-electron chi connectivity index (χ4n) is 0.909. The van der Waals surface area contributed by atoms with Crippen molar-refractivity contribution in [3.8, 4) is 6.07 Å². The lowest BCUT2D eigenvalue weighted by Crippen LogP contribution is -2.20. The Kier molecular flexibility index (Phi) is 6.71. The molecule has 86 valence electrons. The van der Waals surface area contributed by atoms with Crippen LogP contribution >= 0.6 is 0 Å². The number of esters is 1. The summed E-state index contributed by atoms with van der Waals surface area (Å²) in [7, 11) is -3.61. The summed E-state index contributed by atoms with van der Waals surface area (Å²) in [6, 6.07) is 1.49. The van der Waals surface area contributed by atoms with Crippen molar-refractivity contribution in [2.24, 2.45) is 0 Å². The quantitative estimate of drug-likeness (QED) is 0.476. The fourth-order valence-corrected chi connectivity index (χ4v) is 1.65. The number of rotatable bonds is 7. The molecule has 0 aliphatic rings. The van der Waals surface area contributed by atoms with Crippen LogP contribution in [0.2, 0.25) is 0 Å². The molecule has 0 aliphatic carbocycles. The molecule has 0 radical (unpaired) electrons. The second-order valence-corrected chi connectivity index (χ2v) is 5.18. The third-order valence-electron chi connectivity index (χ3n) is 1.63. The molecule has 0 spiro atoms. The van der Waals surface area contributed by atoms with Gasteiger partial charge in [-0.2, -0.15) is 5.26 Å². The standard InChI is InChI=1S/C9H15NO4S/c1-2-3-4-6-14-9(11)8-15(12,13)7-5-10/h2-4,6-8H2,1H3. The highest BCUT2D eigenvalue weighted by Crippen LogP contribution is 1.96. The zero-order chi connectivity index (χ0) is 11.7. The third-order valence-corrected chi connectivity index (χ3v) is 2.88. The summed E-state index contributed by atoms with van der Waals surface area (Å²) in [5.74, 6) is -2.12. The predicted molar refractivity (Wildman–Crippen MR) is 54.8 cm³/mol. The molecular weight excluding hydrogens is 218 g/mol. The minimum atomic E-state index is -3.61. The Balaban J connectivity index is 3.80. The Morgan fingerprint density at radius 3 is 2.60 bits per heavy atom. The largest absolute Gasteiger partial charge is 0.465 e. The molecule has 0 fully saturated rings. The molecule has 0 aliphatic heterocycles. The summed E-state index contributed by atoms with van der Waals surface area (Å²) in [4.78, 5) is 11.0. The molecule has 6 heteroatoms. The lowest BCUT2D eigenvalue weighted by atomic mass is 10.3. The lowest BCUT2D eigenvalue weighted by Gasteiger charge is -2.03. The van der Waals surface area contributed by atoms with Crippen LogP contribution in [0.1, 0.15) is 26.2 Å². The molecule has 0 saturated heterocycles. The van der Waals surface area contributed by atoms with Crippen molar-refractivity contribution >= 4 is 15.8 Å². The van der Waals surface area contributed by atoms with Crippen molar-refractivity contribution in [2.45, 2.75) is 26.2 Å². The zero-order valence-electron chi connectivity index (χ0n) is 8.73. The molecule has 0 atom stereocenters. The van der Waals surface area contributed by atoms with Crippen molar-refractivity contribution in [3.05, 3.63) is 0 Å². The Hall–Kier alpha value is -1.09. The highest BCUT2D eigenvalue weighted by molar-refractivity contribution is 7.92. The molecule has 0 heterocycles. The maximum atomic E-state index is 11.0. The molecule has 0 aromatic rings. The summed E-state index contributed by atoms with van der Waals surface area (Å²) in [5.41, 5.74) is 0. The van der Waals surface area contributed by atoms with E-state index in [0.29, 0.717) is 0 Å². The van der Waals surface area contributed by atoms with Gasteiger partial charge in [0.05, 0.1) is 12.7 Å². The summed E-state index contributed by atoms with van der Waals surface area (Å²) in [5, 5.41) is 8.18. The number of hydrogen-bond acceptors (Lipinski definition) is 5. The van der Waals surface area contributed by atoms with E-state index < -0.39 is 27.3 Å². The van der Waals surface area contributed by atoms with Crippen molar-refractivity contribution in [2.75, 3.05) is 18.1 Å². The molecule has 0 amide bonds. The smallest absolute Gasteiger partial charge is 0.321 e. The highest BCUT2D eigenvalue weighted by atomic mass is 32.2. The van der Waals surface area contributed by atoms with Gasteiger partial charge in [0.15, 0.2) is 9.84 Å². The third kappa shape index (κ3) is 7.94. The van der Waals surface area contributed by atoms with Gasteiger partial charge in [0.25, 0.3) is 0 Å². The van der Waals surface area contributed by atoms with Gasteiger partial charge in [-0.05, 0) is 6.42 Å². The van der Waals surface area contributed by atoms with Gasteiger partial charge in [-0.3, -0.25) is 4.79 Å². The Morgan fingerprint density at radius 1 is 1.40 bits per heavy atom. The number of carbonyl (C=O) groups excluding carboxylic acids is 1. The van der Waals surface area contributed by atoms with Crippen LogP contribution in [0.5, 0.6) is 0 Å². The molecule has 0 rings (SSSR count). The summed E-state index contributed by atoms with van der Waals surface area (Å²) in [6.45, 7) is 2.26. The average Bonchev–Trinajstić information content (AvgIpc) is 2.11. The van der Waals surface area contributed by atoms with E-state index in [1.807, 2.05) is 6.92 Å². The van der Waals surface area contributed by atoms with E-state index in [-0.39, 0.29) is 6.61 Å². The van der Waals surface area contributed by atoms with Crippen LogP contribution in [0, 0.1) is 11.3 Å². The van der Waals surface area contributed by atoms with Crippen LogP contribution in [-0.4, -0.2) is 32.5 Å². The van der Waals surface area contributed by atoms with Gasteiger partial charge in [-0.1, -0.05) is 19.8 Å². The monoisotopic (exact) mass is 233 g/mol. The average molecular weight is 233 g/mol. The Bertz CT molecular complexity index is 329. The number of nitriles is 1. The molecule has 15 heavy (non-hydrogen) atoms. The maximum Gasteiger partial charge on any atom is 0.321 e. The van der Waals surface area contributed by atoms with E-state index in [9.17, 15) is 13.2 Å². The predicted octanol–water partition coefficient (Wildman–Crippen LogP) is 0.658. The van der Waals surface area contributed by atoms with E-state index in [1.165, 1.54) is 6.07 Å². The second kappa shape index (κ2) is 7.23. The van der Waals surface area contributed by atoms with Crippen molar-refractivity contribution in [1.82, 2.24) is 0 Å². The maximum absolute atomic E-state index is 11.0. The van der Waals surface area contributed by atoms with Crippen LogP contribution in [0.15, 0.2) is 0 Å². The molecule has 0 aromatic heterocycles. The summed E-state index contributed by atoms with van der Waals surface area (Å²) in [6.07, 6.45) is 2.68. The van der Waals surface area contributed by atoms with Gasteiger partial charge >= 0.3 is 5.97 Å². The molecular formula is C9H15NO4S. The van der Waals surface area contributed by atoms with E-state index in [0.717, 1.165) is 19.3 Å². The number of nitrogens with zero attached hydrogens (tertiary/aromatic N) is 1. The number of sulfone groups is 1. The Labute approximate surface area is 90.0 Å². The fraction of sp³-hybridized carbons (Fsp3) is 0.778. The van der Waals surface area contributed by atoms with Crippen LogP contribution in [-0.2, 0) is 19.4 Å². The summed E-state index contributed by atoms with van der Waals surface area (Å²) >= 11 is 0. The molecule has 5 nitrogen and oxygen atoms in total. The van der Waals surface area contributed by atoms with Crippen molar-refractivity contribution in [1.29, 1.82) is 5.26 Å². The van der Waals surface area contributed by atoms with E-state index >= 15 is 0 Å². The number of unbranched alkanes of at least 4 members (excludes halogenated alkanes) is 2. The van der Waals surface area contributed by atoms with Crippen LogP contribution < -0.4 is 0 Å². The van der Waals surface area contributed by atoms with Crippen LogP contribution in [0.3, 0.4) is 0 Å². The molecule has 0 aromatic carbocycles. The van der Waals surface area contributed by atoms with E-state index in [4.69, 9.17) is 10.00 Å². The minimum absolute atomic E-state index is 0.245. The SMILES string of the molecule is CCCCCOC(=O)CS(=O)(=O)CC#N. The first-order chi connectivity index (χ1) is 7.02. The number of carbonyl (C=O) groups is 1. The molecule has 0 N–H and O–H groups in total. The first-order valence-corrected chi connectivity index (χ1v) is 6.57. The normalized spacial score (nSPS) is 10.7. The van der Waals surface area contributed by atoms with Crippen molar-refractivity contribution in [3.63, 3.8) is 0 Å². The number of ether oxygens (including phenoxy) is 1. The highest BCUT2D eigenvalue weighted by Gasteiger charge is 2.16. The second-order valence-electron chi connectivity index (χ2n) is 3.12. The van der Waals surface area contributed by atoms with Gasteiger partial charge in [-0.25, -0.2) is 8.42 Å². The van der Waals surface area contributed by atoms with Gasteiger partial charge in [0.2, 0.25) is 0 Å². The van der Waals surface area contributed by atoms with Crippen LogP contribution in [0.4, 0.5) is 0 Å². The minimum Gasteiger partial charge on any atom is -0.465 e. The first-order valence-electron chi connectivity index (χ1n) is 4.75. The van der Waals surface area contributed by atoms with Gasteiger partial charge < -0.3 is 4.74 Å². The van der Waals surface area contributed by atoms with E-state index in [1.54, 1.807) is 0 Å². The zero-order valence-corrected chi connectivity index (χ0v) is 9.55. The van der Waals surface area contributed by atoms with Crippen molar-refractivity contribution < 1.29 is 17.9 Å². The Morgan fingerprint density at radius 2 is 2.07 bits per heavy atom.